The summed E-state index contributed by atoms with van der Waals surface area (Å²) in [4.78, 5) is 12.6. The summed E-state index contributed by atoms with van der Waals surface area (Å²) in [5.41, 5.74) is 3.14. The lowest BCUT2D eigenvalue weighted by atomic mass is 10.1. The van der Waals surface area contributed by atoms with Gasteiger partial charge in [-0.25, -0.2) is 4.98 Å². The monoisotopic (exact) mass is 353 g/mol. The highest BCUT2D eigenvalue weighted by molar-refractivity contribution is 7.19. The van der Waals surface area contributed by atoms with Gasteiger partial charge in [0.1, 0.15) is 5.75 Å². The normalized spacial score (nSPS) is 14.5. The predicted molar refractivity (Wildman–Crippen MR) is 100 cm³/mol. The van der Waals surface area contributed by atoms with E-state index in [0.717, 1.165) is 58.9 Å². The van der Waals surface area contributed by atoms with Crippen LogP contribution in [0, 0.1) is 0 Å². The second-order valence-corrected chi connectivity index (χ2v) is 6.72. The second kappa shape index (κ2) is 7.21. The zero-order valence-corrected chi connectivity index (χ0v) is 14.8. The Labute approximate surface area is 150 Å². The molecule has 6 heteroatoms. The average Bonchev–Trinajstić information content (AvgIpc) is 3.15. The van der Waals surface area contributed by atoms with Gasteiger partial charge in [0.2, 0.25) is 0 Å². The van der Waals surface area contributed by atoms with Crippen LogP contribution in [0.2, 0.25) is 0 Å². The smallest absolute Gasteiger partial charge is 0.186 e. The SMILES string of the molecule is COc1ccc(-c2sc(N3CCOCC3)nc2-c2cccnc2)cc1. The van der Waals surface area contributed by atoms with Crippen molar-refractivity contribution < 1.29 is 9.47 Å². The van der Waals surface area contributed by atoms with Crippen LogP contribution in [0.15, 0.2) is 48.8 Å². The molecule has 0 bridgehead atoms. The predicted octanol–water partition coefficient (Wildman–Crippen LogP) is 3.72. The Hall–Kier alpha value is -2.44. The molecule has 1 aliphatic rings. The fraction of sp³-hybridized carbons (Fsp3) is 0.263. The van der Waals surface area contributed by atoms with Crippen molar-refractivity contribution in [2.75, 3.05) is 38.3 Å². The first-order valence-corrected chi connectivity index (χ1v) is 9.05. The van der Waals surface area contributed by atoms with E-state index in [-0.39, 0.29) is 0 Å². The summed E-state index contributed by atoms with van der Waals surface area (Å²) in [5.74, 6) is 0.851. The topological polar surface area (TPSA) is 47.5 Å². The molecule has 0 atom stereocenters. The van der Waals surface area contributed by atoms with Crippen LogP contribution in [0.3, 0.4) is 0 Å². The molecule has 1 fully saturated rings. The highest BCUT2D eigenvalue weighted by atomic mass is 32.1. The number of ether oxygens (including phenoxy) is 2. The van der Waals surface area contributed by atoms with Crippen molar-refractivity contribution in [2.45, 2.75) is 0 Å². The van der Waals surface area contributed by atoms with Crippen molar-refractivity contribution in [1.29, 1.82) is 0 Å². The van der Waals surface area contributed by atoms with E-state index in [2.05, 4.69) is 28.1 Å². The summed E-state index contributed by atoms with van der Waals surface area (Å²) in [7, 11) is 1.68. The van der Waals surface area contributed by atoms with Gasteiger partial charge in [0.15, 0.2) is 5.13 Å². The Morgan fingerprint density at radius 2 is 1.88 bits per heavy atom. The van der Waals surface area contributed by atoms with Gasteiger partial charge in [-0.1, -0.05) is 11.3 Å². The molecule has 0 amide bonds. The number of rotatable bonds is 4. The van der Waals surface area contributed by atoms with Crippen molar-refractivity contribution in [1.82, 2.24) is 9.97 Å². The molecule has 0 saturated carbocycles. The average molecular weight is 353 g/mol. The van der Waals surface area contributed by atoms with Crippen LogP contribution in [-0.2, 0) is 4.74 Å². The molecule has 1 aromatic carbocycles. The van der Waals surface area contributed by atoms with Crippen molar-refractivity contribution in [2.24, 2.45) is 0 Å². The minimum atomic E-state index is 0.750. The van der Waals surface area contributed by atoms with Crippen molar-refractivity contribution in [3.8, 4) is 27.4 Å². The molecule has 5 nitrogen and oxygen atoms in total. The molecular formula is C19H19N3O2S. The Morgan fingerprint density at radius 1 is 1.08 bits per heavy atom. The number of thiazole rings is 1. The summed E-state index contributed by atoms with van der Waals surface area (Å²) in [5, 5.41) is 1.04. The Morgan fingerprint density at radius 3 is 2.56 bits per heavy atom. The highest BCUT2D eigenvalue weighted by Crippen LogP contribution is 2.40. The van der Waals surface area contributed by atoms with E-state index in [1.54, 1.807) is 24.6 Å². The van der Waals surface area contributed by atoms with Crippen LogP contribution in [0.4, 0.5) is 5.13 Å². The molecule has 0 unspecified atom stereocenters. The van der Waals surface area contributed by atoms with Gasteiger partial charge in [-0.2, -0.15) is 0 Å². The molecule has 0 spiro atoms. The van der Waals surface area contributed by atoms with Gasteiger partial charge in [-0.05, 0) is 42.0 Å². The Kier molecular flexibility index (Phi) is 4.63. The molecule has 128 valence electrons. The molecule has 0 aliphatic carbocycles. The van der Waals surface area contributed by atoms with Gasteiger partial charge < -0.3 is 14.4 Å². The summed E-state index contributed by atoms with van der Waals surface area (Å²) in [6.45, 7) is 3.25. The third kappa shape index (κ3) is 3.36. The van der Waals surface area contributed by atoms with Crippen LogP contribution in [0.25, 0.3) is 21.7 Å². The first kappa shape index (κ1) is 16.1. The van der Waals surface area contributed by atoms with Crippen LogP contribution in [0.1, 0.15) is 0 Å². The lowest BCUT2D eigenvalue weighted by Gasteiger charge is -2.26. The largest absolute Gasteiger partial charge is 0.497 e. The maximum absolute atomic E-state index is 5.46. The molecule has 4 rings (SSSR count). The number of nitrogens with zero attached hydrogens (tertiary/aromatic N) is 3. The van der Waals surface area contributed by atoms with Crippen molar-refractivity contribution in [3.05, 3.63) is 48.8 Å². The van der Waals surface area contributed by atoms with E-state index in [1.165, 1.54) is 0 Å². The quantitative estimate of drug-likeness (QED) is 0.715. The molecule has 2 aromatic heterocycles. The van der Waals surface area contributed by atoms with Gasteiger partial charge in [0.05, 0.1) is 30.9 Å². The van der Waals surface area contributed by atoms with Crippen LogP contribution >= 0.6 is 11.3 Å². The van der Waals surface area contributed by atoms with Crippen molar-refractivity contribution >= 4 is 16.5 Å². The van der Waals surface area contributed by atoms with Crippen LogP contribution < -0.4 is 9.64 Å². The zero-order chi connectivity index (χ0) is 17.1. The molecule has 1 saturated heterocycles. The number of methoxy groups -OCH3 is 1. The van der Waals surface area contributed by atoms with E-state index < -0.39 is 0 Å². The minimum Gasteiger partial charge on any atom is -0.497 e. The van der Waals surface area contributed by atoms with Gasteiger partial charge >= 0.3 is 0 Å². The molecule has 1 aliphatic heterocycles. The molecule has 3 aromatic rings. The fourth-order valence-electron chi connectivity index (χ4n) is 2.84. The van der Waals surface area contributed by atoms with Crippen molar-refractivity contribution in [3.63, 3.8) is 0 Å². The number of pyridine rings is 1. The van der Waals surface area contributed by atoms with Gasteiger partial charge in [0, 0.05) is 31.0 Å². The minimum absolute atomic E-state index is 0.750. The Bertz CT molecular complexity index is 828. The van der Waals surface area contributed by atoms with E-state index in [0.29, 0.717) is 0 Å². The standard InChI is InChI=1S/C19H19N3O2S/c1-23-16-6-4-14(5-7-16)18-17(15-3-2-8-20-13-15)21-19(25-18)22-9-11-24-12-10-22/h2-8,13H,9-12H2,1H3. The number of hydrogen-bond acceptors (Lipinski definition) is 6. The molecule has 25 heavy (non-hydrogen) atoms. The number of hydrogen-bond donors (Lipinski definition) is 0. The highest BCUT2D eigenvalue weighted by Gasteiger charge is 2.20. The van der Waals surface area contributed by atoms with E-state index in [9.17, 15) is 0 Å². The lowest BCUT2D eigenvalue weighted by Crippen LogP contribution is -2.36. The summed E-state index contributed by atoms with van der Waals surface area (Å²) < 4.78 is 10.7. The van der Waals surface area contributed by atoms with E-state index in [4.69, 9.17) is 14.5 Å². The first-order valence-electron chi connectivity index (χ1n) is 8.23. The molecular weight excluding hydrogens is 334 g/mol. The van der Waals surface area contributed by atoms with E-state index >= 15 is 0 Å². The maximum Gasteiger partial charge on any atom is 0.186 e. The number of morpholine rings is 1. The van der Waals surface area contributed by atoms with Gasteiger partial charge in [-0.3, -0.25) is 4.98 Å². The summed E-state index contributed by atoms with van der Waals surface area (Å²) in [6, 6.07) is 12.1. The maximum atomic E-state index is 5.46. The van der Waals surface area contributed by atoms with Gasteiger partial charge in [0.25, 0.3) is 0 Å². The number of aromatic nitrogens is 2. The molecule has 0 N–H and O–H groups in total. The Balaban J connectivity index is 1.78. The first-order chi connectivity index (χ1) is 12.3. The summed E-state index contributed by atoms with van der Waals surface area (Å²) in [6.07, 6.45) is 3.65. The van der Waals surface area contributed by atoms with E-state index in [1.807, 2.05) is 24.4 Å². The molecule has 0 radical (unpaired) electrons. The van der Waals surface area contributed by atoms with Gasteiger partial charge in [-0.15, -0.1) is 0 Å². The summed E-state index contributed by atoms with van der Waals surface area (Å²) >= 11 is 1.72. The number of anilines is 1. The second-order valence-electron chi connectivity index (χ2n) is 5.74. The zero-order valence-electron chi connectivity index (χ0n) is 14.0. The van der Waals surface area contributed by atoms with Crippen LogP contribution in [-0.4, -0.2) is 43.4 Å². The lowest BCUT2D eigenvalue weighted by molar-refractivity contribution is 0.122. The van der Waals surface area contributed by atoms with Crippen LogP contribution in [0.5, 0.6) is 5.75 Å². The number of benzene rings is 1. The fourth-order valence-corrected chi connectivity index (χ4v) is 3.98. The third-order valence-corrected chi connectivity index (χ3v) is 5.35. The third-order valence-electron chi connectivity index (χ3n) is 4.18. The molecule has 3 heterocycles.